The van der Waals surface area contributed by atoms with Gasteiger partial charge in [-0.25, -0.2) is 13.4 Å². The number of aromatic amines is 1. The first-order valence-electron chi connectivity index (χ1n) is 11.3. The Kier molecular flexibility index (Phi) is 5.97. The topological polar surface area (TPSA) is 119 Å². The predicted octanol–water partition coefficient (Wildman–Crippen LogP) is 4.15. The van der Waals surface area contributed by atoms with Gasteiger partial charge >= 0.3 is 0 Å². The molecule has 0 aliphatic carbocycles. The Hall–Kier alpha value is -4.16. The zero-order chi connectivity index (χ0) is 24.4. The number of anilines is 2. The molecule has 176 valence electrons. The fourth-order valence-electron chi connectivity index (χ4n) is 4.40. The molecule has 35 heavy (non-hydrogen) atoms. The van der Waals surface area contributed by atoms with E-state index in [0.29, 0.717) is 40.9 Å². The molecule has 2 N–H and O–H groups in total. The number of hydrogen-bond acceptors (Lipinski definition) is 5. The van der Waals surface area contributed by atoms with Crippen LogP contribution in [0.3, 0.4) is 0 Å². The number of aryl methyl sites for hydroxylation is 2. The second kappa shape index (κ2) is 9.24. The number of carbonyl (C=O) groups excluding carboxylic acids is 1. The van der Waals surface area contributed by atoms with Gasteiger partial charge in [0.25, 0.3) is 10.0 Å². The summed E-state index contributed by atoms with van der Waals surface area (Å²) in [5.41, 5.74) is 4.80. The third kappa shape index (κ3) is 4.61. The highest BCUT2D eigenvalue weighted by Crippen LogP contribution is 2.36. The maximum atomic E-state index is 13.2. The van der Waals surface area contributed by atoms with Gasteiger partial charge in [0.1, 0.15) is 0 Å². The van der Waals surface area contributed by atoms with Gasteiger partial charge < -0.3 is 9.88 Å². The summed E-state index contributed by atoms with van der Waals surface area (Å²) in [6, 6.07) is 19.4. The van der Waals surface area contributed by atoms with E-state index >= 15 is 0 Å². The lowest BCUT2D eigenvalue weighted by atomic mass is 9.99. The summed E-state index contributed by atoms with van der Waals surface area (Å²) in [6.07, 6.45) is 3.91. The van der Waals surface area contributed by atoms with E-state index in [-0.39, 0.29) is 17.2 Å². The molecule has 9 heteroatoms. The number of carbonyl (C=O) groups is 1. The molecule has 0 atom stereocenters. The molecule has 0 fully saturated rings. The van der Waals surface area contributed by atoms with E-state index < -0.39 is 10.0 Å². The van der Waals surface area contributed by atoms with Gasteiger partial charge in [0.15, 0.2) is 0 Å². The number of benzene rings is 3. The van der Waals surface area contributed by atoms with Crippen molar-refractivity contribution in [3.05, 3.63) is 83.7 Å². The van der Waals surface area contributed by atoms with Crippen molar-refractivity contribution in [2.24, 2.45) is 0 Å². The summed E-state index contributed by atoms with van der Waals surface area (Å²) in [7, 11) is -3.89. The van der Waals surface area contributed by atoms with Crippen LogP contribution in [0.4, 0.5) is 11.4 Å². The number of nitrogens with one attached hydrogen (secondary N) is 2. The minimum atomic E-state index is -3.89. The van der Waals surface area contributed by atoms with Crippen molar-refractivity contribution < 1.29 is 13.2 Å². The Morgan fingerprint density at radius 2 is 1.97 bits per heavy atom. The van der Waals surface area contributed by atoms with Crippen molar-refractivity contribution in [1.29, 1.82) is 5.26 Å². The molecule has 8 nitrogen and oxygen atoms in total. The first kappa shape index (κ1) is 22.6. The van der Waals surface area contributed by atoms with E-state index in [9.17, 15) is 13.2 Å². The summed E-state index contributed by atoms with van der Waals surface area (Å²) in [6.45, 7) is 0.526. The SMILES string of the molecule is N#Cc1ccc(CCC(=O)N2CCCc3cccc(NS(=O)(=O)c4ccc5nc[nH]c5c4)c32)cc1. The first-order valence-corrected chi connectivity index (χ1v) is 12.8. The third-order valence-corrected chi connectivity index (χ3v) is 7.54. The second-order valence-corrected chi connectivity index (χ2v) is 10.1. The lowest BCUT2D eigenvalue weighted by Gasteiger charge is -2.32. The van der Waals surface area contributed by atoms with Crippen LogP contribution in [0.2, 0.25) is 0 Å². The highest BCUT2D eigenvalue weighted by Gasteiger charge is 2.27. The fraction of sp³-hybridized carbons (Fsp3) is 0.192. The van der Waals surface area contributed by atoms with Crippen molar-refractivity contribution in [2.75, 3.05) is 16.2 Å². The highest BCUT2D eigenvalue weighted by atomic mass is 32.2. The fourth-order valence-corrected chi connectivity index (χ4v) is 5.49. The Labute approximate surface area is 203 Å². The van der Waals surface area contributed by atoms with Gasteiger partial charge in [-0.05, 0) is 66.8 Å². The number of aromatic nitrogens is 2. The quantitative estimate of drug-likeness (QED) is 0.425. The number of rotatable bonds is 6. The molecule has 0 radical (unpaired) electrons. The predicted molar refractivity (Wildman–Crippen MR) is 133 cm³/mol. The van der Waals surface area contributed by atoms with Crippen LogP contribution in [0, 0.1) is 11.3 Å². The van der Waals surface area contributed by atoms with Gasteiger partial charge in [0.05, 0.1) is 45.3 Å². The van der Waals surface area contributed by atoms with Crippen LogP contribution in [-0.4, -0.2) is 30.8 Å². The molecule has 5 rings (SSSR count). The van der Waals surface area contributed by atoms with Crippen molar-refractivity contribution in [2.45, 2.75) is 30.6 Å². The zero-order valence-corrected chi connectivity index (χ0v) is 19.7. The van der Waals surface area contributed by atoms with Crippen LogP contribution in [0.25, 0.3) is 11.0 Å². The van der Waals surface area contributed by atoms with Crippen molar-refractivity contribution in [3.8, 4) is 6.07 Å². The lowest BCUT2D eigenvalue weighted by molar-refractivity contribution is -0.118. The van der Waals surface area contributed by atoms with E-state index in [2.05, 4.69) is 20.8 Å². The molecule has 1 aromatic heterocycles. The van der Waals surface area contributed by atoms with E-state index in [1.165, 1.54) is 12.4 Å². The van der Waals surface area contributed by atoms with Gasteiger partial charge in [-0.2, -0.15) is 5.26 Å². The largest absolute Gasteiger partial charge is 0.345 e. The Bertz CT molecular complexity index is 1550. The third-order valence-electron chi connectivity index (χ3n) is 6.18. The molecule has 0 spiro atoms. The van der Waals surface area contributed by atoms with Crippen LogP contribution >= 0.6 is 0 Å². The number of fused-ring (bicyclic) bond motifs is 2. The smallest absolute Gasteiger partial charge is 0.262 e. The van der Waals surface area contributed by atoms with Crippen molar-refractivity contribution >= 4 is 38.3 Å². The number of amides is 1. The molecule has 1 amide bonds. The van der Waals surface area contributed by atoms with Crippen LogP contribution in [0.5, 0.6) is 0 Å². The Morgan fingerprint density at radius 3 is 2.77 bits per heavy atom. The number of hydrogen-bond donors (Lipinski definition) is 2. The molecular formula is C26H23N5O3S. The lowest BCUT2D eigenvalue weighted by Crippen LogP contribution is -2.36. The number of imidazole rings is 1. The van der Waals surface area contributed by atoms with Gasteiger partial charge in [-0.3, -0.25) is 9.52 Å². The van der Waals surface area contributed by atoms with E-state index in [1.54, 1.807) is 41.3 Å². The molecular weight excluding hydrogens is 462 g/mol. The van der Waals surface area contributed by atoms with Gasteiger partial charge in [-0.15, -0.1) is 0 Å². The Balaban J connectivity index is 1.40. The molecule has 0 saturated carbocycles. The van der Waals surface area contributed by atoms with Gasteiger partial charge in [0.2, 0.25) is 5.91 Å². The summed E-state index contributed by atoms with van der Waals surface area (Å²) in [4.78, 5) is 22.1. The number of para-hydroxylation sites is 1. The monoisotopic (exact) mass is 485 g/mol. The van der Waals surface area contributed by atoms with Crippen LogP contribution in [-0.2, 0) is 27.7 Å². The zero-order valence-electron chi connectivity index (χ0n) is 18.9. The maximum absolute atomic E-state index is 13.2. The van der Waals surface area contributed by atoms with Gasteiger partial charge in [0, 0.05) is 13.0 Å². The number of sulfonamides is 1. The standard InChI is InChI=1S/C26H23N5O3S/c27-16-19-8-6-18(7-9-19)10-13-25(32)31-14-2-4-20-3-1-5-23(26(20)31)30-35(33,34)21-11-12-22-24(15-21)29-17-28-22/h1,3,5-9,11-12,15,17,30H,2,4,10,13-14H2,(H,28,29). The van der Waals surface area contributed by atoms with Crippen LogP contribution in [0.15, 0.2) is 71.9 Å². The molecule has 3 aromatic carbocycles. The average molecular weight is 486 g/mol. The summed E-state index contributed by atoms with van der Waals surface area (Å²) >= 11 is 0. The van der Waals surface area contributed by atoms with E-state index in [4.69, 9.17) is 5.26 Å². The minimum Gasteiger partial charge on any atom is -0.345 e. The van der Waals surface area contributed by atoms with E-state index in [1.807, 2.05) is 18.2 Å². The highest BCUT2D eigenvalue weighted by molar-refractivity contribution is 7.92. The molecule has 1 aliphatic rings. The number of H-pyrrole nitrogens is 1. The summed E-state index contributed by atoms with van der Waals surface area (Å²) in [5, 5.41) is 8.96. The van der Waals surface area contributed by atoms with Gasteiger partial charge in [-0.1, -0.05) is 24.3 Å². The minimum absolute atomic E-state index is 0.0687. The molecule has 2 heterocycles. The summed E-state index contributed by atoms with van der Waals surface area (Å²) in [5.74, 6) is -0.0687. The second-order valence-electron chi connectivity index (χ2n) is 8.46. The summed E-state index contributed by atoms with van der Waals surface area (Å²) < 4.78 is 29.1. The van der Waals surface area contributed by atoms with Crippen LogP contribution in [0.1, 0.15) is 29.5 Å². The number of nitrogens with zero attached hydrogens (tertiary/aromatic N) is 3. The molecule has 0 bridgehead atoms. The molecule has 0 unspecified atom stereocenters. The first-order chi connectivity index (χ1) is 16.9. The average Bonchev–Trinajstić information content (AvgIpc) is 3.35. The van der Waals surface area contributed by atoms with Crippen LogP contribution < -0.4 is 9.62 Å². The normalized spacial score (nSPS) is 13.3. The molecule has 0 saturated heterocycles. The Morgan fingerprint density at radius 1 is 1.14 bits per heavy atom. The van der Waals surface area contributed by atoms with E-state index in [0.717, 1.165) is 24.0 Å². The molecule has 4 aromatic rings. The maximum Gasteiger partial charge on any atom is 0.262 e. The van der Waals surface area contributed by atoms with Crippen molar-refractivity contribution in [3.63, 3.8) is 0 Å². The van der Waals surface area contributed by atoms with Crippen molar-refractivity contribution in [1.82, 2.24) is 9.97 Å². The number of nitriles is 1. The molecule has 1 aliphatic heterocycles.